The van der Waals surface area contributed by atoms with Crippen molar-refractivity contribution < 1.29 is 10.2 Å². The van der Waals surface area contributed by atoms with Crippen molar-refractivity contribution in [3.05, 3.63) is 39.4 Å². The summed E-state index contributed by atoms with van der Waals surface area (Å²) in [6.07, 6.45) is 2.31. The highest BCUT2D eigenvalue weighted by molar-refractivity contribution is 6.32. The number of hydrogen-bond acceptors (Lipinski definition) is 5. The van der Waals surface area contributed by atoms with Crippen LogP contribution in [0.5, 0.6) is 0 Å². The Kier molecular flexibility index (Phi) is 5.20. The molecule has 1 aromatic carbocycles. The second-order valence-corrected chi connectivity index (χ2v) is 6.89. The number of hydrogen-bond donors (Lipinski definition) is 3. The maximum atomic E-state index is 12.6. The van der Waals surface area contributed by atoms with Crippen molar-refractivity contribution in [2.75, 3.05) is 6.54 Å². The van der Waals surface area contributed by atoms with Crippen LogP contribution in [-0.4, -0.2) is 44.6 Å². The van der Waals surface area contributed by atoms with Crippen LogP contribution in [0, 0.1) is 6.92 Å². The zero-order chi connectivity index (χ0) is 17.3. The van der Waals surface area contributed by atoms with Crippen molar-refractivity contribution in [2.24, 2.45) is 0 Å². The minimum atomic E-state index is -0.742. The fraction of sp³-hybridized carbons (Fsp3) is 0.529. The minimum absolute atomic E-state index is 0.137. The van der Waals surface area contributed by atoms with Crippen molar-refractivity contribution in [1.29, 1.82) is 0 Å². The first-order chi connectivity index (χ1) is 11.5. The average Bonchev–Trinajstić information content (AvgIpc) is 2.54. The summed E-state index contributed by atoms with van der Waals surface area (Å²) >= 11 is 6.10. The number of nitrogens with one attached hydrogen (secondary N) is 1. The Bertz CT molecular complexity index is 792. The number of fused-ring (bicyclic) bond motifs is 1. The van der Waals surface area contributed by atoms with Crippen LogP contribution in [0.1, 0.15) is 24.8 Å². The van der Waals surface area contributed by atoms with Crippen molar-refractivity contribution in [3.8, 4) is 0 Å². The molecule has 0 bridgehead atoms. The molecule has 2 heterocycles. The first-order valence-electron chi connectivity index (χ1n) is 8.20. The number of aryl methyl sites for hydroxylation is 1. The van der Waals surface area contributed by atoms with Crippen LogP contribution in [0.2, 0.25) is 5.02 Å². The first-order valence-corrected chi connectivity index (χ1v) is 8.58. The standard InChI is InChI=1S/C17H22ClN3O3/c1-10-5-14-12(7-13(10)18)17(24)21(9-20-14)8-11(22)6-15-16(23)3-2-4-19-15/h5,7,9,11,15-16,19,22-23H,2-4,6,8H2,1H3/t11?,15-,16+/m1/s1. The predicted octanol–water partition coefficient (Wildman–Crippen LogP) is 1.22. The van der Waals surface area contributed by atoms with Gasteiger partial charge in [0.25, 0.3) is 5.56 Å². The summed E-state index contributed by atoms with van der Waals surface area (Å²) in [6.45, 7) is 2.84. The molecule has 0 radical (unpaired) electrons. The van der Waals surface area contributed by atoms with Gasteiger partial charge >= 0.3 is 0 Å². The predicted molar refractivity (Wildman–Crippen MR) is 93.4 cm³/mol. The van der Waals surface area contributed by atoms with Crippen LogP contribution in [0.3, 0.4) is 0 Å². The highest BCUT2D eigenvalue weighted by atomic mass is 35.5. The van der Waals surface area contributed by atoms with Gasteiger partial charge in [-0.3, -0.25) is 9.36 Å². The Balaban J connectivity index is 1.78. The lowest BCUT2D eigenvalue weighted by atomic mass is 9.96. The van der Waals surface area contributed by atoms with Gasteiger partial charge in [-0.15, -0.1) is 0 Å². The summed E-state index contributed by atoms with van der Waals surface area (Å²) in [5.41, 5.74) is 1.24. The van der Waals surface area contributed by atoms with Crippen molar-refractivity contribution in [3.63, 3.8) is 0 Å². The Labute approximate surface area is 145 Å². The van der Waals surface area contributed by atoms with E-state index in [9.17, 15) is 15.0 Å². The fourth-order valence-corrected chi connectivity index (χ4v) is 3.35. The van der Waals surface area contributed by atoms with Crippen LogP contribution < -0.4 is 10.9 Å². The topological polar surface area (TPSA) is 87.4 Å². The molecule has 1 aromatic heterocycles. The van der Waals surface area contributed by atoms with Gasteiger partial charge in [-0.05, 0) is 50.4 Å². The number of aliphatic hydroxyl groups excluding tert-OH is 2. The summed E-state index contributed by atoms with van der Waals surface area (Å²) < 4.78 is 1.40. The molecule has 6 nitrogen and oxygen atoms in total. The van der Waals surface area contributed by atoms with Gasteiger partial charge in [-0.2, -0.15) is 0 Å². The van der Waals surface area contributed by atoms with Crippen LogP contribution >= 0.6 is 11.6 Å². The zero-order valence-electron chi connectivity index (χ0n) is 13.6. The smallest absolute Gasteiger partial charge is 0.261 e. The Morgan fingerprint density at radius 3 is 3.04 bits per heavy atom. The highest BCUT2D eigenvalue weighted by Crippen LogP contribution is 2.20. The molecular formula is C17H22ClN3O3. The molecule has 0 aliphatic carbocycles. The van der Waals surface area contributed by atoms with Crippen LogP contribution in [0.4, 0.5) is 0 Å². The highest BCUT2D eigenvalue weighted by Gasteiger charge is 2.25. The molecule has 2 aromatic rings. The number of aliphatic hydroxyl groups is 2. The number of benzene rings is 1. The lowest BCUT2D eigenvalue weighted by Gasteiger charge is -2.30. The van der Waals surface area contributed by atoms with Gasteiger partial charge in [0.1, 0.15) is 0 Å². The number of halogens is 1. The molecule has 0 saturated carbocycles. The Morgan fingerprint density at radius 1 is 1.50 bits per heavy atom. The molecule has 3 N–H and O–H groups in total. The molecule has 0 spiro atoms. The fourth-order valence-electron chi connectivity index (χ4n) is 3.18. The molecule has 0 amide bonds. The molecule has 1 fully saturated rings. The van der Waals surface area contributed by atoms with E-state index in [4.69, 9.17) is 11.6 Å². The Morgan fingerprint density at radius 2 is 2.29 bits per heavy atom. The summed E-state index contributed by atoms with van der Waals surface area (Å²) in [6, 6.07) is 3.26. The van der Waals surface area contributed by atoms with Gasteiger partial charge in [-0.1, -0.05) is 11.6 Å². The summed E-state index contributed by atoms with van der Waals surface area (Å²) in [5.74, 6) is 0. The van der Waals surface area contributed by atoms with E-state index in [0.717, 1.165) is 24.9 Å². The van der Waals surface area contributed by atoms with Crippen LogP contribution in [-0.2, 0) is 6.54 Å². The minimum Gasteiger partial charge on any atom is -0.392 e. The van der Waals surface area contributed by atoms with E-state index in [-0.39, 0.29) is 18.1 Å². The maximum absolute atomic E-state index is 12.6. The number of aromatic nitrogens is 2. The zero-order valence-corrected chi connectivity index (χ0v) is 14.3. The van der Waals surface area contributed by atoms with Gasteiger partial charge in [-0.25, -0.2) is 4.98 Å². The van der Waals surface area contributed by atoms with E-state index >= 15 is 0 Å². The Hall–Kier alpha value is -1.47. The van der Waals surface area contributed by atoms with Crippen molar-refractivity contribution in [2.45, 2.75) is 51.0 Å². The van der Waals surface area contributed by atoms with E-state index in [0.29, 0.717) is 22.3 Å². The third-order valence-electron chi connectivity index (χ3n) is 4.59. The van der Waals surface area contributed by atoms with Gasteiger partial charge in [0.2, 0.25) is 0 Å². The molecule has 1 aliphatic rings. The monoisotopic (exact) mass is 351 g/mol. The first kappa shape index (κ1) is 17.4. The third-order valence-corrected chi connectivity index (χ3v) is 4.99. The molecular weight excluding hydrogens is 330 g/mol. The molecule has 3 rings (SSSR count). The quantitative estimate of drug-likeness (QED) is 0.771. The molecule has 130 valence electrons. The van der Waals surface area contributed by atoms with Crippen LogP contribution in [0.25, 0.3) is 10.9 Å². The maximum Gasteiger partial charge on any atom is 0.261 e. The third kappa shape index (κ3) is 3.62. The molecule has 3 atom stereocenters. The summed E-state index contributed by atoms with van der Waals surface area (Å²) in [7, 11) is 0. The van der Waals surface area contributed by atoms with Gasteiger partial charge in [0, 0.05) is 11.1 Å². The van der Waals surface area contributed by atoms with E-state index in [1.54, 1.807) is 12.1 Å². The lowest BCUT2D eigenvalue weighted by Crippen LogP contribution is -2.47. The van der Waals surface area contributed by atoms with E-state index in [2.05, 4.69) is 10.3 Å². The molecule has 1 unspecified atom stereocenters. The van der Waals surface area contributed by atoms with E-state index in [1.165, 1.54) is 10.9 Å². The number of nitrogens with zero attached hydrogens (tertiary/aromatic N) is 2. The molecule has 24 heavy (non-hydrogen) atoms. The summed E-state index contributed by atoms with van der Waals surface area (Å²) in [4.78, 5) is 16.9. The van der Waals surface area contributed by atoms with E-state index < -0.39 is 12.2 Å². The number of rotatable bonds is 4. The van der Waals surface area contributed by atoms with Gasteiger partial charge in [0.05, 0.1) is 36.0 Å². The normalized spacial score (nSPS) is 22.7. The molecule has 1 aliphatic heterocycles. The van der Waals surface area contributed by atoms with Crippen LogP contribution in [0.15, 0.2) is 23.3 Å². The van der Waals surface area contributed by atoms with E-state index in [1.807, 2.05) is 6.92 Å². The van der Waals surface area contributed by atoms with Gasteiger partial charge in [0.15, 0.2) is 0 Å². The number of piperidine rings is 1. The van der Waals surface area contributed by atoms with Crippen molar-refractivity contribution in [1.82, 2.24) is 14.9 Å². The summed E-state index contributed by atoms with van der Waals surface area (Å²) in [5, 5.41) is 24.4. The SMILES string of the molecule is Cc1cc2ncn(CC(O)C[C@H]3NCCC[C@@H]3O)c(=O)c2cc1Cl. The second kappa shape index (κ2) is 7.19. The van der Waals surface area contributed by atoms with Gasteiger partial charge < -0.3 is 15.5 Å². The lowest BCUT2D eigenvalue weighted by molar-refractivity contribution is 0.0539. The average molecular weight is 352 g/mol. The largest absolute Gasteiger partial charge is 0.392 e. The van der Waals surface area contributed by atoms with Crippen molar-refractivity contribution >= 4 is 22.5 Å². The second-order valence-electron chi connectivity index (χ2n) is 6.48. The molecule has 1 saturated heterocycles. The molecule has 7 heteroatoms.